The van der Waals surface area contributed by atoms with E-state index in [1.807, 2.05) is 11.3 Å². The van der Waals surface area contributed by atoms with Crippen molar-refractivity contribution in [3.63, 3.8) is 0 Å². The lowest BCUT2D eigenvalue weighted by molar-refractivity contribution is 0.316. The number of hydrogen-bond acceptors (Lipinski definition) is 4. The zero-order chi connectivity index (χ0) is 10.7. The van der Waals surface area contributed by atoms with Gasteiger partial charge < -0.3 is 5.73 Å². The average Bonchev–Trinajstić information content (AvgIpc) is 2.83. The maximum Gasteiger partial charge on any atom is 0.110 e. The Labute approximate surface area is 95.3 Å². The minimum Gasteiger partial charge on any atom is -0.330 e. The van der Waals surface area contributed by atoms with E-state index in [1.54, 1.807) is 0 Å². The van der Waals surface area contributed by atoms with Crippen LogP contribution in [0, 0.1) is 0 Å². The Hall–Kier alpha value is -0.450. The summed E-state index contributed by atoms with van der Waals surface area (Å²) in [4.78, 5) is 7.11. The molecule has 4 heteroatoms. The maximum absolute atomic E-state index is 5.49. The molecule has 1 aromatic rings. The molecule has 15 heavy (non-hydrogen) atoms. The summed E-state index contributed by atoms with van der Waals surface area (Å²) in [5.41, 5.74) is 6.72. The van der Waals surface area contributed by atoms with Gasteiger partial charge in [-0.1, -0.05) is 0 Å². The first-order valence-electron chi connectivity index (χ1n) is 5.66. The summed E-state index contributed by atoms with van der Waals surface area (Å²) in [6, 6.07) is 0.571. The Bertz CT molecular complexity index is 311. The molecule has 0 amide bonds. The standard InChI is InChI=1S/C11H19N3S/c1-14-7-3-5-10(14)11-13-9(8-15-11)4-2-6-12/h8,10H,2-7,12H2,1H3. The van der Waals surface area contributed by atoms with E-state index in [0.29, 0.717) is 6.04 Å². The summed E-state index contributed by atoms with van der Waals surface area (Å²) in [6.07, 6.45) is 4.65. The molecular weight excluding hydrogens is 206 g/mol. The molecule has 1 aliphatic heterocycles. The number of aromatic nitrogens is 1. The van der Waals surface area contributed by atoms with Gasteiger partial charge >= 0.3 is 0 Å². The Morgan fingerprint density at radius 3 is 3.20 bits per heavy atom. The van der Waals surface area contributed by atoms with Gasteiger partial charge in [-0.15, -0.1) is 11.3 Å². The molecule has 1 aliphatic rings. The molecule has 0 aromatic carbocycles. The van der Waals surface area contributed by atoms with Gasteiger partial charge in [-0.2, -0.15) is 0 Å². The topological polar surface area (TPSA) is 42.2 Å². The van der Waals surface area contributed by atoms with E-state index in [2.05, 4.69) is 17.3 Å². The molecule has 1 fully saturated rings. The Kier molecular flexibility index (Phi) is 3.72. The van der Waals surface area contributed by atoms with Crippen LogP contribution in [0.5, 0.6) is 0 Å². The lowest BCUT2D eigenvalue weighted by atomic mass is 10.2. The number of rotatable bonds is 4. The predicted molar refractivity (Wildman–Crippen MR) is 64.1 cm³/mol. The predicted octanol–water partition coefficient (Wildman–Crippen LogP) is 1.80. The fourth-order valence-electron chi connectivity index (χ4n) is 2.10. The first-order chi connectivity index (χ1) is 7.31. The summed E-state index contributed by atoms with van der Waals surface area (Å²) >= 11 is 1.81. The molecule has 1 atom stereocenters. The summed E-state index contributed by atoms with van der Waals surface area (Å²) in [5, 5.41) is 3.49. The molecule has 0 radical (unpaired) electrons. The second kappa shape index (κ2) is 5.05. The highest BCUT2D eigenvalue weighted by Crippen LogP contribution is 2.32. The van der Waals surface area contributed by atoms with Crippen molar-refractivity contribution in [1.82, 2.24) is 9.88 Å². The van der Waals surface area contributed by atoms with Crippen molar-refractivity contribution >= 4 is 11.3 Å². The van der Waals surface area contributed by atoms with Crippen LogP contribution in [0.4, 0.5) is 0 Å². The van der Waals surface area contributed by atoms with Crippen LogP contribution < -0.4 is 5.73 Å². The molecule has 2 rings (SSSR count). The van der Waals surface area contributed by atoms with Gasteiger partial charge in [0.05, 0.1) is 11.7 Å². The van der Waals surface area contributed by atoms with Crippen LogP contribution in [0.15, 0.2) is 5.38 Å². The van der Waals surface area contributed by atoms with E-state index in [0.717, 1.165) is 19.4 Å². The van der Waals surface area contributed by atoms with Gasteiger partial charge in [0.15, 0.2) is 0 Å². The molecule has 0 spiro atoms. The maximum atomic E-state index is 5.49. The molecule has 0 saturated carbocycles. The van der Waals surface area contributed by atoms with Crippen LogP contribution >= 0.6 is 11.3 Å². The molecular formula is C11H19N3S. The molecule has 1 unspecified atom stereocenters. The van der Waals surface area contributed by atoms with Crippen LogP contribution in [0.2, 0.25) is 0 Å². The minimum absolute atomic E-state index is 0.571. The number of hydrogen-bond donors (Lipinski definition) is 1. The number of likely N-dealkylation sites (tertiary alicyclic amines) is 1. The lowest BCUT2D eigenvalue weighted by Crippen LogP contribution is -2.17. The first-order valence-corrected chi connectivity index (χ1v) is 6.54. The number of thiazole rings is 1. The van der Waals surface area contributed by atoms with Crippen LogP contribution in [0.25, 0.3) is 0 Å². The zero-order valence-electron chi connectivity index (χ0n) is 9.28. The summed E-state index contributed by atoms with van der Waals surface area (Å²) in [5.74, 6) is 0. The van der Waals surface area contributed by atoms with Crippen molar-refractivity contribution in [3.8, 4) is 0 Å². The van der Waals surface area contributed by atoms with Gasteiger partial charge in [0.25, 0.3) is 0 Å². The van der Waals surface area contributed by atoms with Gasteiger partial charge in [0, 0.05) is 5.38 Å². The van der Waals surface area contributed by atoms with Gasteiger partial charge in [0.1, 0.15) is 5.01 Å². The third-order valence-corrected chi connectivity index (χ3v) is 4.01. The van der Waals surface area contributed by atoms with Crippen molar-refractivity contribution in [2.45, 2.75) is 31.7 Å². The average molecular weight is 225 g/mol. The van der Waals surface area contributed by atoms with E-state index in [-0.39, 0.29) is 0 Å². The molecule has 84 valence electrons. The van der Waals surface area contributed by atoms with Crippen molar-refractivity contribution in [2.24, 2.45) is 5.73 Å². The third kappa shape index (κ3) is 2.56. The van der Waals surface area contributed by atoms with E-state index >= 15 is 0 Å². The quantitative estimate of drug-likeness (QED) is 0.849. The Balaban J connectivity index is 1.99. The molecule has 0 bridgehead atoms. The summed E-state index contributed by atoms with van der Waals surface area (Å²) < 4.78 is 0. The highest BCUT2D eigenvalue weighted by Gasteiger charge is 2.24. The normalized spacial score (nSPS) is 22.4. The van der Waals surface area contributed by atoms with Crippen LogP contribution in [-0.4, -0.2) is 30.0 Å². The van der Waals surface area contributed by atoms with E-state index in [1.165, 1.54) is 30.1 Å². The molecule has 2 N–H and O–H groups in total. The number of nitrogens with zero attached hydrogens (tertiary/aromatic N) is 2. The van der Waals surface area contributed by atoms with Crippen LogP contribution in [0.3, 0.4) is 0 Å². The van der Waals surface area contributed by atoms with Crippen molar-refractivity contribution in [3.05, 3.63) is 16.1 Å². The summed E-state index contributed by atoms with van der Waals surface area (Å²) in [6.45, 7) is 1.97. The number of aryl methyl sites for hydroxylation is 1. The largest absolute Gasteiger partial charge is 0.330 e. The van der Waals surface area contributed by atoms with E-state index in [9.17, 15) is 0 Å². The first kappa shape index (κ1) is 11.0. The monoisotopic (exact) mass is 225 g/mol. The van der Waals surface area contributed by atoms with Crippen molar-refractivity contribution in [2.75, 3.05) is 20.1 Å². The molecule has 3 nitrogen and oxygen atoms in total. The molecule has 1 saturated heterocycles. The second-order valence-corrected chi connectivity index (χ2v) is 5.10. The molecule has 0 aliphatic carbocycles. The van der Waals surface area contributed by atoms with Crippen molar-refractivity contribution in [1.29, 1.82) is 0 Å². The van der Waals surface area contributed by atoms with Crippen LogP contribution in [-0.2, 0) is 6.42 Å². The van der Waals surface area contributed by atoms with E-state index < -0.39 is 0 Å². The Morgan fingerprint density at radius 2 is 2.53 bits per heavy atom. The lowest BCUT2D eigenvalue weighted by Gasteiger charge is -2.16. The highest BCUT2D eigenvalue weighted by molar-refractivity contribution is 7.09. The minimum atomic E-state index is 0.571. The van der Waals surface area contributed by atoms with E-state index in [4.69, 9.17) is 10.7 Å². The Morgan fingerprint density at radius 1 is 1.67 bits per heavy atom. The van der Waals surface area contributed by atoms with Gasteiger partial charge in [-0.25, -0.2) is 4.98 Å². The fourth-order valence-corrected chi connectivity index (χ4v) is 3.15. The molecule has 1 aromatic heterocycles. The smallest absolute Gasteiger partial charge is 0.110 e. The third-order valence-electron chi connectivity index (χ3n) is 3.01. The van der Waals surface area contributed by atoms with Crippen LogP contribution in [0.1, 0.15) is 36.0 Å². The highest BCUT2D eigenvalue weighted by atomic mass is 32.1. The summed E-state index contributed by atoms with van der Waals surface area (Å²) in [7, 11) is 2.19. The molecule has 2 heterocycles. The second-order valence-electron chi connectivity index (χ2n) is 4.21. The van der Waals surface area contributed by atoms with Gasteiger partial charge in [0.2, 0.25) is 0 Å². The van der Waals surface area contributed by atoms with Gasteiger partial charge in [-0.05, 0) is 45.8 Å². The van der Waals surface area contributed by atoms with Crippen molar-refractivity contribution < 1.29 is 0 Å². The van der Waals surface area contributed by atoms with Gasteiger partial charge in [-0.3, -0.25) is 4.90 Å². The zero-order valence-corrected chi connectivity index (χ0v) is 10.1. The SMILES string of the molecule is CN1CCCC1c1nc(CCCN)cs1. The fraction of sp³-hybridized carbons (Fsp3) is 0.727. The number of nitrogens with two attached hydrogens (primary N) is 1.